The highest BCUT2D eigenvalue weighted by molar-refractivity contribution is 6.30. The molecule has 182 valence electrons. The van der Waals surface area contributed by atoms with Crippen LogP contribution in [-0.2, 0) is 7.05 Å². The predicted molar refractivity (Wildman–Crippen MR) is 162 cm³/mol. The summed E-state index contributed by atoms with van der Waals surface area (Å²) < 4.78 is 4.95. The maximum absolute atomic E-state index is 2.61. The fraction of sp³-hybridized carbons (Fsp3) is 0.139. The Bertz CT molecular complexity index is 2220. The van der Waals surface area contributed by atoms with Crippen LogP contribution in [0.2, 0.25) is 0 Å². The average Bonchev–Trinajstić information content (AvgIpc) is 3.29. The maximum atomic E-state index is 2.61. The molecule has 0 saturated carbocycles. The Morgan fingerprint density at radius 1 is 0.658 bits per heavy atom. The zero-order valence-electron chi connectivity index (χ0n) is 22.2. The second-order valence-electron chi connectivity index (χ2n) is 11.1. The molecule has 3 heterocycles. The van der Waals surface area contributed by atoms with E-state index in [2.05, 4.69) is 134 Å². The Hall–Kier alpha value is -4.43. The number of hydrogen-bond acceptors (Lipinski definition) is 0. The Kier molecular flexibility index (Phi) is 4.30. The van der Waals surface area contributed by atoms with Gasteiger partial charge >= 0.3 is 0 Å². The van der Waals surface area contributed by atoms with Gasteiger partial charge in [-0.25, -0.2) is 4.57 Å². The Balaban J connectivity index is 1.80. The molecule has 8 aromatic rings. The average molecular weight is 490 g/mol. The van der Waals surface area contributed by atoms with Crippen LogP contribution in [0.4, 0.5) is 0 Å². The lowest BCUT2D eigenvalue weighted by molar-refractivity contribution is -0.643. The zero-order valence-corrected chi connectivity index (χ0v) is 22.2. The van der Waals surface area contributed by atoms with Crippen LogP contribution in [0.1, 0.15) is 30.9 Å². The van der Waals surface area contributed by atoms with E-state index >= 15 is 0 Å². The van der Waals surface area contributed by atoms with E-state index in [1.54, 1.807) is 0 Å². The molecule has 2 heteroatoms. The summed E-state index contributed by atoms with van der Waals surface area (Å²) in [5.41, 5.74) is 10.6. The van der Waals surface area contributed by atoms with E-state index in [1.807, 2.05) is 0 Å². The van der Waals surface area contributed by atoms with Crippen LogP contribution < -0.4 is 4.57 Å². The Morgan fingerprint density at radius 3 is 2.21 bits per heavy atom. The third kappa shape index (κ3) is 2.60. The highest BCUT2D eigenvalue weighted by Crippen LogP contribution is 2.47. The molecule has 0 N–H and O–H groups in total. The number of aromatic nitrogens is 2. The number of benzene rings is 5. The molecule has 0 unspecified atom stereocenters. The summed E-state index contributed by atoms with van der Waals surface area (Å²) in [7, 11) is 2.20. The highest BCUT2D eigenvalue weighted by atomic mass is 15.0. The number of aryl methyl sites for hydroxylation is 2. The van der Waals surface area contributed by atoms with E-state index in [1.165, 1.54) is 82.0 Å². The summed E-state index contributed by atoms with van der Waals surface area (Å²) in [4.78, 5) is 0. The van der Waals surface area contributed by atoms with Gasteiger partial charge in [0.25, 0.3) is 0 Å². The van der Waals surface area contributed by atoms with Crippen molar-refractivity contribution in [3.63, 3.8) is 0 Å². The summed E-state index contributed by atoms with van der Waals surface area (Å²) in [5.74, 6) is 0.369. The first-order valence-electron chi connectivity index (χ1n) is 13.6. The number of rotatable bonds is 2. The minimum Gasteiger partial charge on any atom is -0.307 e. The van der Waals surface area contributed by atoms with Gasteiger partial charge in [-0.2, -0.15) is 0 Å². The SMILES string of the molecule is Cc1c2ccccc2c(C(C)C)c2c1c1c3c(ccc4c5c(-c6ccccc6)cccc5n2c43)cc[n+]1C. The molecule has 0 saturated heterocycles. The largest absolute Gasteiger partial charge is 0.307 e. The first kappa shape index (κ1) is 21.6. The van der Waals surface area contributed by atoms with Gasteiger partial charge in [0.1, 0.15) is 7.05 Å². The smallest absolute Gasteiger partial charge is 0.224 e. The molecule has 8 rings (SSSR count). The van der Waals surface area contributed by atoms with Gasteiger partial charge in [-0.05, 0) is 57.3 Å². The lowest BCUT2D eigenvalue weighted by Gasteiger charge is -2.20. The van der Waals surface area contributed by atoms with Crippen molar-refractivity contribution in [3.8, 4) is 11.1 Å². The molecule has 0 atom stereocenters. The number of hydrogen-bond donors (Lipinski definition) is 0. The van der Waals surface area contributed by atoms with Gasteiger partial charge in [-0.15, -0.1) is 0 Å². The molecule has 0 spiro atoms. The Morgan fingerprint density at radius 2 is 1.42 bits per heavy atom. The highest BCUT2D eigenvalue weighted by Gasteiger charge is 2.28. The molecule has 0 amide bonds. The van der Waals surface area contributed by atoms with E-state index in [-0.39, 0.29) is 0 Å². The quantitative estimate of drug-likeness (QED) is 0.130. The number of pyridine rings is 2. The molecular weight excluding hydrogens is 460 g/mol. The molecule has 0 aliphatic carbocycles. The molecule has 3 aromatic heterocycles. The van der Waals surface area contributed by atoms with Crippen molar-refractivity contribution in [3.05, 3.63) is 108 Å². The molecule has 0 aliphatic rings. The molecule has 5 aromatic carbocycles. The van der Waals surface area contributed by atoms with E-state index in [0.29, 0.717) is 5.92 Å². The molecule has 2 nitrogen and oxygen atoms in total. The summed E-state index contributed by atoms with van der Waals surface area (Å²) in [6, 6.07) is 33.6. The normalized spacial score (nSPS) is 12.4. The minimum atomic E-state index is 0.369. The summed E-state index contributed by atoms with van der Waals surface area (Å²) in [6.07, 6.45) is 2.23. The zero-order chi connectivity index (χ0) is 25.7. The van der Waals surface area contributed by atoms with Crippen molar-refractivity contribution in [2.24, 2.45) is 7.05 Å². The standard InChI is InChI=1S/C36H29N2/c1-21(2)30-27-14-9-8-13-25(27)22(3)31-35-32-24(19-20-37(35)4)17-18-28-33-26(23-11-6-5-7-12-23)15-10-16-29(33)38(34(28)32)36(30)31/h5-21H,1-4H3/q+1. The van der Waals surface area contributed by atoms with Crippen molar-refractivity contribution in [2.75, 3.05) is 0 Å². The number of nitrogens with zero attached hydrogens (tertiary/aromatic N) is 2. The minimum absolute atomic E-state index is 0.369. The van der Waals surface area contributed by atoms with Gasteiger partial charge in [-0.3, -0.25) is 0 Å². The molecule has 38 heavy (non-hydrogen) atoms. The van der Waals surface area contributed by atoms with Gasteiger partial charge in [0.05, 0.1) is 27.3 Å². The maximum Gasteiger partial charge on any atom is 0.224 e. The monoisotopic (exact) mass is 489 g/mol. The van der Waals surface area contributed by atoms with Crippen LogP contribution in [0.25, 0.3) is 70.9 Å². The third-order valence-electron chi connectivity index (χ3n) is 8.66. The first-order valence-corrected chi connectivity index (χ1v) is 13.6. The van der Waals surface area contributed by atoms with Crippen molar-refractivity contribution in [2.45, 2.75) is 26.7 Å². The van der Waals surface area contributed by atoms with Crippen molar-refractivity contribution < 1.29 is 4.57 Å². The lowest BCUT2D eigenvalue weighted by Crippen LogP contribution is -2.29. The van der Waals surface area contributed by atoms with E-state index in [9.17, 15) is 0 Å². The summed E-state index contributed by atoms with van der Waals surface area (Å²) >= 11 is 0. The third-order valence-corrected chi connectivity index (χ3v) is 8.66. The van der Waals surface area contributed by atoms with Crippen LogP contribution in [0.5, 0.6) is 0 Å². The van der Waals surface area contributed by atoms with E-state index in [4.69, 9.17) is 0 Å². The van der Waals surface area contributed by atoms with Crippen LogP contribution in [-0.4, -0.2) is 4.40 Å². The van der Waals surface area contributed by atoms with Crippen molar-refractivity contribution in [1.29, 1.82) is 0 Å². The molecule has 0 radical (unpaired) electrons. The first-order chi connectivity index (χ1) is 18.6. The second kappa shape index (κ2) is 7.55. The fourth-order valence-corrected chi connectivity index (χ4v) is 7.12. The summed E-state index contributed by atoms with van der Waals surface area (Å²) in [5, 5.41) is 9.38. The molecule has 0 bridgehead atoms. The molecular formula is C36H29N2+. The van der Waals surface area contributed by atoms with Gasteiger partial charge in [0.15, 0.2) is 6.20 Å². The summed E-state index contributed by atoms with van der Waals surface area (Å²) in [6.45, 7) is 7.00. The topological polar surface area (TPSA) is 8.29 Å². The predicted octanol–water partition coefficient (Wildman–Crippen LogP) is 9.07. The van der Waals surface area contributed by atoms with Crippen LogP contribution in [0.3, 0.4) is 0 Å². The molecule has 0 aliphatic heterocycles. The van der Waals surface area contributed by atoms with Gasteiger partial charge in [0, 0.05) is 16.8 Å². The lowest BCUT2D eigenvalue weighted by atomic mass is 9.88. The van der Waals surface area contributed by atoms with Crippen molar-refractivity contribution >= 4 is 59.8 Å². The Labute approximate surface area is 221 Å². The van der Waals surface area contributed by atoms with E-state index in [0.717, 1.165) is 0 Å². The van der Waals surface area contributed by atoms with E-state index < -0.39 is 0 Å². The van der Waals surface area contributed by atoms with Gasteiger partial charge < -0.3 is 4.40 Å². The van der Waals surface area contributed by atoms with Crippen LogP contribution in [0.15, 0.2) is 97.2 Å². The van der Waals surface area contributed by atoms with Crippen LogP contribution in [0, 0.1) is 6.92 Å². The van der Waals surface area contributed by atoms with Crippen LogP contribution >= 0.6 is 0 Å². The van der Waals surface area contributed by atoms with Crippen molar-refractivity contribution in [1.82, 2.24) is 4.40 Å². The van der Waals surface area contributed by atoms with Gasteiger partial charge in [-0.1, -0.05) is 92.7 Å². The van der Waals surface area contributed by atoms with Gasteiger partial charge in [0.2, 0.25) is 5.52 Å². The number of fused-ring (bicyclic) bond motifs is 7. The molecule has 0 fully saturated rings. The second-order valence-corrected chi connectivity index (χ2v) is 11.1. The fourth-order valence-electron chi connectivity index (χ4n) is 7.12.